The van der Waals surface area contributed by atoms with Crippen molar-refractivity contribution < 1.29 is 9.59 Å². The van der Waals surface area contributed by atoms with Crippen LogP contribution in [0.2, 0.25) is 20.4 Å². The zero-order valence-electron chi connectivity index (χ0n) is 16.4. The predicted octanol–water partition coefficient (Wildman–Crippen LogP) is 6.99. The highest BCUT2D eigenvalue weighted by Gasteiger charge is 2.19. The first kappa shape index (κ1) is 22.4. The lowest BCUT2D eigenvalue weighted by Gasteiger charge is -2.12. The minimum atomic E-state index is -0.487. The van der Waals surface area contributed by atoms with E-state index in [4.69, 9.17) is 46.4 Å². The third-order valence-corrected chi connectivity index (χ3v) is 5.90. The van der Waals surface area contributed by atoms with E-state index in [0.717, 1.165) is 5.56 Å². The maximum Gasteiger partial charge on any atom is 0.258 e. The highest BCUT2D eigenvalue weighted by atomic mass is 35.5. The van der Waals surface area contributed by atoms with Crippen molar-refractivity contribution in [1.29, 1.82) is 0 Å². The van der Waals surface area contributed by atoms with Crippen molar-refractivity contribution >= 4 is 80.6 Å². The second-order valence-electron chi connectivity index (χ2n) is 6.89. The third kappa shape index (κ3) is 4.54. The van der Waals surface area contributed by atoms with Gasteiger partial charge in [-0.3, -0.25) is 9.59 Å². The molecule has 10 heteroatoms. The van der Waals surface area contributed by atoms with Crippen LogP contribution in [-0.2, 0) is 0 Å². The summed E-state index contributed by atoms with van der Waals surface area (Å²) in [5.41, 5.74) is 2.84. The van der Waals surface area contributed by atoms with Gasteiger partial charge in [0.15, 0.2) is 0 Å². The van der Waals surface area contributed by atoms with Gasteiger partial charge in [-0.05, 0) is 66.6 Å². The Hall–Kier alpha value is -2.77. The Labute approximate surface area is 202 Å². The standard InChI is InChI=1S/C22H14Cl4N4O2/c1-10-15(24)3-2-4-17(10)28-21(32)14-8-12(9-18-19(14)30-22(26)29-18)27-20(31)13-7-11(23)5-6-16(13)25/h2-9H,1H3,(H,27,31)(H,28,32)(H,29,30). The predicted molar refractivity (Wildman–Crippen MR) is 130 cm³/mol. The Bertz CT molecular complexity index is 1380. The van der Waals surface area contributed by atoms with Crippen molar-refractivity contribution in [3.63, 3.8) is 0 Å². The number of fused-ring (bicyclic) bond motifs is 1. The molecule has 0 radical (unpaired) electrons. The lowest BCUT2D eigenvalue weighted by atomic mass is 10.1. The summed E-state index contributed by atoms with van der Waals surface area (Å²) in [6.45, 7) is 1.80. The van der Waals surface area contributed by atoms with Gasteiger partial charge < -0.3 is 15.6 Å². The fourth-order valence-corrected chi connectivity index (χ4v) is 3.87. The average Bonchev–Trinajstić information content (AvgIpc) is 3.12. The highest BCUT2D eigenvalue weighted by molar-refractivity contribution is 6.36. The summed E-state index contributed by atoms with van der Waals surface area (Å²) >= 11 is 24.3. The number of benzene rings is 3. The number of hydrogen-bond acceptors (Lipinski definition) is 3. The molecule has 0 aliphatic heterocycles. The van der Waals surface area contributed by atoms with E-state index in [-0.39, 0.29) is 21.4 Å². The number of rotatable bonds is 4. The lowest BCUT2D eigenvalue weighted by molar-refractivity contribution is 0.101. The van der Waals surface area contributed by atoms with Crippen LogP contribution in [0.5, 0.6) is 0 Å². The van der Waals surface area contributed by atoms with Crippen LogP contribution < -0.4 is 10.6 Å². The van der Waals surface area contributed by atoms with Crippen LogP contribution in [0.15, 0.2) is 48.5 Å². The molecule has 1 heterocycles. The first-order chi connectivity index (χ1) is 15.2. The largest absolute Gasteiger partial charge is 0.328 e. The number of amides is 2. The second-order valence-corrected chi connectivity index (χ2v) is 8.50. The molecule has 162 valence electrons. The molecule has 0 saturated heterocycles. The Morgan fingerprint density at radius 3 is 2.41 bits per heavy atom. The number of nitrogens with zero attached hydrogens (tertiary/aromatic N) is 1. The zero-order valence-corrected chi connectivity index (χ0v) is 19.4. The third-order valence-electron chi connectivity index (χ3n) is 4.75. The van der Waals surface area contributed by atoms with E-state index in [1.54, 1.807) is 37.3 Å². The molecule has 0 bridgehead atoms. The van der Waals surface area contributed by atoms with Crippen LogP contribution in [0, 0.1) is 6.92 Å². The van der Waals surface area contributed by atoms with Gasteiger partial charge >= 0.3 is 0 Å². The summed E-state index contributed by atoms with van der Waals surface area (Å²) in [4.78, 5) is 32.9. The SMILES string of the molecule is Cc1c(Cl)cccc1NC(=O)c1cc(NC(=O)c2cc(Cl)ccc2Cl)cc2[nH]c(Cl)nc12. The van der Waals surface area contributed by atoms with Crippen LogP contribution >= 0.6 is 46.4 Å². The van der Waals surface area contributed by atoms with Gasteiger partial charge in [0.1, 0.15) is 5.52 Å². The van der Waals surface area contributed by atoms with E-state index < -0.39 is 11.8 Å². The molecule has 0 saturated carbocycles. The van der Waals surface area contributed by atoms with E-state index in [2.05, 4.69) is 20.6 Å². The van der Waals surface area contributed by atoms with Crippen molar-refractivity contribution in [2.24, 2.45) is 0 Å². The summed E-state index contributed by atoms with van der Waals surface area (Å²) in [7, 11) is 0. The number of hydrogen-bond donors (Lipinski definition) is 3. The lowest BCUT2D eigenvalue weighted by Crippen LogP contribution is -2.16. The van der Waals surface area contributed by atoms with Crippen LogP contribution in [0.3, 0.4) is 0 Å². The Morgan fingerprint density at radius 2 is 1.62 bits per heavy atom. The molecule has 2 amide bonds. The molecule has 4 aromatic rings. The van der Waals surface area contributed by atoms with Crippen molar-refractivity contribution in [2.75, 3.05) is 10.6 Å². The summed E-state index contributed by atoms with van der Waals surface area (Å²) in [5, 5.41) is 6.80. The number of anilines is 2. The maximum atomic E-state index is 13.1. The van der Waals surface area contributed by atoms with Gasteiger partial charge in [-0.25, -0.2) is 4.98 Å². The number of halogens is 4. The summed E-state index contributed by atoms with van der Waals surface area (Å²) in [6.07, 6.45) is 0. The van der Waals surface area contributed by atoms with Gasteiger partial charge in [0.2, 0.25) is 5.28 Å². The number of H-pyrrole nitrogens is 1. The van der Waals surface area contributed by atoms with Gasteiger partial charge in [-0.15, -0.1) is 0 Å². The van der Waals surface area contributed by atoms with Gasteiger partial charge in [-0.1, -0.05) is 40.9 Å². The van der Waals surface area contributed by atoms with Crippen molar-refractivity contribution in [2.45, 2.75) is 6.92 Å². The Kier molecular flexibility index (Phi) is 6.31. The molecular formula is C22H14Cl4N4O2. The van der Waals surface area contributed by atoms with Crippen LogP contribution in [0.4, 0.5) is 11.4 Å². The molecule has 32 heavy (non-hydrogen) atoms. The monoisotopic (exact) mass is 506 g/mol. The number of aromatic nitrogens is 2. The molecule has 0 atom stereocenters. The molecule has 6 nitrogen and oxygen atoms in total. The quantitative estimate of drug-likeness (QED) is 0.278. The number of carbonyl (C=O) groups excluding carboxylic acids is 2. The maximum absolute atomic E-state index is 13.1. The molecule has 0 spiro atoms. The minimum absolute atomic E-state index is 0.106. The first-order valence-corrected chi connectivity index (χ1v) is 10.8. The number of aromatic amines is 1. The summed E-state index contributed by atoms with van der Waals surface area (Å²) < 4.78 is 0. The normalized spacial score (nSPS) is 10.9. The van der Waals surface area contributed by atoms with Crippen LogP contribution in [0.25, 0.3) is 11.0 Å². The molecular weight excluding hydrogens is 494 g/mol. The number of carbonyl (C=O) groups is 2. The molecule has 0 fully saturated rings. The van der Waals surface area contributed by atoms with Crippen molar-refractivity contribution in [3.8, 4) is 0 Å². The molecule has 1 aromatic heterocycles. The first-order valence-electron chi connectivity index (χ1n) is 9.25. The highest BCUT2D eigenvalue weighted by Crippen LogP contribution is 2.28. The average molecular weight is 508 g/mol. The van der Waals surface area contributed by atoms with E-state index >= 15 is 0 Å². The van der Waals surface area contributed by atoms with Crippen LogP contribution in [0.1, 0.15) is 26.3 Å². The van der Waals surface area contributed by atoms with E-state index in [1.165, 1.54) is 18.2 Å². The van der Waals surface area contributed by atoms with Gasteiger partial charge in [0.05, 0.1) is 21.7 Å². The van der Waals surface area contributed by atoms with Gasteiger partial charge in [0.25, 0.3) is 11.8 Å². The van der Waals surface area contributed by atoms with Crippen molar-refractivity contribution in [3.05, 3.63) is 85.6 Å². The molecule has 4 rings (SSSR count). The van der Waals surface area contributed by atoms with Gasteiger partial charge in [0, 0.05) is 21.4 Å². The zero-order chi connectivity index (χ0) is 23.0. The number of imidazole rings is 1. The van der Waals surface area contributed by atoms with Crippen molar-refractivity contribution in [1.82, 2.24) is 9.97 Å². The molecule has 0 aliphatic rings. The topological polar surface area (TPSA) is 86.9 Å². The van der Waals surface area contributed by atoms with E-state index in [0.29, 0.717) is 32.5 Å². The summed E-state index contributed by atoms with van der Waals surface area (Å²) in [6, 6.07) is 12.9. The number of nitrogens with one attached hydrogen (secondary N) is 3. The summed E-state index contributed by atoms with van der Waals surface area (Å²) in [5.74, 6) is -0.931. The minimum Gasteiger partial charge on any atom is -0.328 e. The fraction of sp³-hybridized carbons (Fsp3) is 0.0455. The second kappa shape index (κ2) is 9.00. The van der Waals surface area contributed by atoms with Crippen LogP contribution in [-0.4, -0.2) is 21.8 Å². The fourth-order valence-electron chi connectivity index (χ4n) is 3.14. The molecule has 0 unspecified atom stereocenters. The van der Waals surface area contributed by atoms with E-state index in [1.807, 2.05) is 0 Å². The smallest absolute Gasteiger partial charge is 0.258 e. The molecule has 3 aromatic carbocycles. The molecule has 3 N–H and O–H groups in total. The Morgan fingerprint density at radius 1 is 0.875 bits per heavy atom. The van der Waals surface area contributed by atoms with E-state index in [9.17, 15) is 9.59 Å². The molecule has 0 aliphatic carbocycles. The van der Waals surface area contributed by atoms with Gasteiger partial charge in [-0.2, -0.15) is 0 Å². The Balaban J connectivity index is 1.71.